The third kappa shape index (κ3) is 2.42. The van der Waals surface area contributed by atoms with E-state index in [0.29, 0.717) is 35.4 Å². The van der Waals surface area contributed by atoms with E-state index in [1.165, 1.54) is 18.6 Å². The Labute approximate surface area is 140 Å². The lowest BCUT2D eigenvalue weighted by Gasteiger charge is -2.48. The molecule has 1 aromatic carbocycles. The highest BCUT2D eigenvalue weighted by atomic mass is 19.1. The third-order valence-electron chi connectivity index (χ3n) is 5.36. The lowest BCUT2D eigenvalue weighted by Crippen LogP contribution is -2.58. The molecule has 0 N–H and O–H groups in total. The Balaban J connectivity index is 1.73. The SMILES string of the molecule is Cc1c(C(=O)N2CCCOC23CCCCC3)oc2ccc(F)cc12. The van der Waals surface area contributed by atoms with E-state index in [-0.39, 0.29) is 11.7 Å². The number of aryl methyl sites for hydroxylation is 1. The molecule has 1 saturated heterocycles. The summed E-state index contributed by atoms with van der Waals surface area (Å²) in [7, 11) is 0. The summed E-state index contributed by atoms with van der Waals surface area (Å²) in [6, 6.07) is 4.36. The van der Waals surface area contributed by atoms with Gasteiger partial charge in [-0.3, -0.25) is 4.79 Å². The topological polar surface area (TPSA) is 42.7 Å². The Morgan fingerprint density at radius 1 is 1.21 bits per heavy atom. The summed E-state index contributed by atoms with van der Waals surface area (Å²) in [6.45, 7) is 3.20. The van der Waals surface area contributed by atoms with Gasteiger partial charge in [-0.25, -0.2) is 4.39 Å². The van der Waals surface area contributed by atoms with Gasteiger partial charge in [0.25, 0.3) is 5.91 Å². The fourth-order valence-electron chi connectivity index (χ4n) is 4.09. The summed E-state index contributed by atoms with van der Waals surface area (Å²) in [4.78, 5) is 15.1. The van der Waals surface area contributed by atoms with Gasteiger partial charge in [-0.15, -0.1) is 0 Å². The number of hydrogen-bond donors (Lipinski definition) is 0. The van der Waals surface area contributed by atoms with Gasteiger partial charge >= 0.3 is 0 Å². The molecule has 2 heterocycles. The standard InChI is InChI=1S/C19H22FNO3/c1-13-15-12-14(20)6-7-16(15)24-17(13)18(22)21-10-5-11-23-19(21)8-3-2-4-9-19/h6-7,12H,2-5,8-11H2,1H3. The van der Waals surface area contributed by atoms with E-state index in [4.69, 9.17) is 9.15 Å². The molecule has 0 radical (unpaired) electrons. The van der Waals surface area contributed by atoms with Crippen molar-refractivity contribution < 1.29 is 18.3 Å². The second-order valence-corrected chi connectivity index (χ2v) is 6.86. The van der Waals surface area contributed by atoms with E-state index in [0.717, 1.165) is 32.1 Å². The summed E-state index contributed by atoms with van der Waals surface area (Å²) in [5.74, 6) is -0.146. The average molecular weight is 331 g/mol. The van der Waals surface area contributed by atoms with Crippen LogP contribution in [-0.4, -0.2) is 29.7 Å². The lowest BCUT2D eigenvalue weighted by atomic mass is 9.88. The molecule has 24 heavy (non-hydrogen) atoms. The lowest BCUT2D eigenvalue weighted by molar-refractivity contribution is -0.183. The molecule has 4 nitrogen and oxygen atoms in total. The minimum atomic E-state index is -0.482. The Morgan fingerprint density at radius 2 is 2.00 bits per heavy atom. The molecule has 1 spiro atoms. The summed E-state index contributed by atoms with van der Waals surface area (Å²) >= 11 is 0. The van der Waals surface area contributed by atoms with Gasteiger partial charge in [0.2, 0.25) is 0 Å². The summed E-state index contributed by atoms with van der Waals surface area (Å²) in [6.07, 6.45) is 5.94. The van der Waals surface area contributed by atoms with Gasteiger partial charge in [-0.1, -0.05) is 6.42 Å². The highest BCUT2D eigenvalue weighted by molar-refractivity contribution is 5.99. The molecule has 0 unspecified atom stereocenters. The van der Waals surface area contributed by atoms with Crippen molar-refractivity contribution in [3.63, 3.8) is 0 Å². The zero-order valence-electron chi connectivity index (χ0n) is 13.9. The van der Waals surface area contributed by atoms with Gasteiger partial charge in [-0.05, 0) is 57.2 Å². The van der Waals surface area contributed by atoms with Gasteiger partial charge in [0.05, 0.1) is 6.61 Å². The van der Waals surface area contributed by atoms with Crippen LogP contribution < -0.4 is 0 Å². The van der Waals surface area contributed by atoms with Crippen LogP contribution >= 0.6 is 0 Å². The zero-order valence-corrected chi connectivity index (χ0v) is 13.9. The first kappa shape index (κ1) is 15.6. The minimum absolute atomic E-state index is 0.134. The van der Waals surface area contributed by atoms with Gasteiger partial charge in [0, 0.05) is 17.5 Å². The maximum absolute atomic E-state index is 13.5. The summed E-state index contributed by atoms with van der Waals surface area (Å²) in [5, 5.41) is 0.661. The highest BCUT2D eigenvalue weighted by Crippen LogP contribution is 2.39. The van der Waals surface area contributed by atoms with E-state index >= 15 is 0 Å². The monoisotopic (exact) mass is 331 g/mol. The van der Waals surface area contributed by atoms with Gasteiger partial charge < -0.3 is 14.1 Å². The van der Waals surface area contributed by atoms with E-state index in [9.17, 15) is 9.18 Å². The number of rotatable bonds is 1. The quantitative estimate of drug-likeness (QED) is 0.778. The molecule has 4 rings (SSSR count). The summed E-state index contributed by atoms with van der Waals surface area (Å²) in [5.41, 5.74) is 0.767. The minimum Gasteiger partial charge on any atom is -0.451 e. The Hall–Kier alpha value is -1.88. The van der Waals surface area contributed by atoms with Crippen LogP contribution in [-0.2, 0) is 4.74 Å². The molecule has 1 saturated carbocycles. The normalized spacial score (nSPS) is 20.7. The maximum Gasteiger partial charge on any atom is 0.292 e. The first-order chi connectivity index (χ1) is 11.6. The average Bonchev–Trinajstić information content (AvgIpc) is 2.92. The number of amides is 1. The van der Waals surface area contributed by atoms with Crippen LogP contribution in [0.2, 0.25) is 0 Å². The second-order valence-electron chi connectivity index (χ2n) is 6.86. The van der Waals surface area contributed by atoms with Crippen LogP contribution in [0.1, 0.15) is 54.6 Å². The Kier molecular flexibility index (Phi) is 3.83. The predicted octanol–water partition coefficient (Wildman–Crippen LogP) is 4.40. The van der Waals surface area contributed by atoms with E-state index in [2.05, 4.69) is 0 Å². The number of carbonyl (C=O) groups is 1. The molecule has 1 aromatic heterocycles. The number of furan rings is 1. The van der Waals surface area contributed by atoms with Crippen LogP contribution in [0.15, 0.2) is 22.6 Å². The molecule has 0 bridgehead atoms. The number of hydrogen-bond acceptors (Lipinski definition) is 3. The fourth-order valence-corrected chi connectivity index (χ4v) is 4.09. The van der Waals surface area contributed by atoms with Crippen LogP contribution in [0.4, 0.5) is 4.39 Å². The van der Waals surface area contributed by atoms with Crippen molar-refractivity contribution in [3.05, 3.63) is 35.3 Å². The molecule has 0 atom stereocenters. The van der Waals surface area contributed by atoms with Crippen molar-refractivity contribution in [2.24, 2.45) is 0 Å². The molecule has 1 aliphatic carbocycles. The zero-order chi connectivity index (χ0) is 16.7. The molecule has 5 heteroatoms. The number of carbonyl (C=O) groups excluding carboxylic acids is 1. The van der Waals surface area contributed by atoms with Crippen molar-refractivity contribution in [2.75, 3.05) is 13.2 Å². The van der Waals surface area contributed by atoms with Crippen molar-refractivity contribution in [1.82, 2.24) is 4.90 Å². The number of fused-ring (bicyclic) bond motifs is 1. The summed E-state index contributed by atoms with van der Waals surface area (Å²) < 4.78 is 25.4. The van der Waals surface area contributed by atoms with Crippen molar-refractivity contribution in [2.45, 2.75) is 51.2 Å². The second kappa shape index (κ2) is 5.88. The largest absolute Gasteiger partial charge is 0.451 e. The molecule has 2 aliphatic rings. The first-order valence-corrected chi connectivity index (χ1v) is 8.75. The molecular weight excluding hydrogens is 309 g/mol. The van der Waals surface area contributed by atoms with Crippen molar-refractivity contribution in [1.29, 1.82) is 0 Å². The van der Waals surface area contributed by atoms with E-state index < -0.39 is 5.72 Å². The van der Waals surface area contributed by atoms with Crippen LogP contribution in [0, 0.1) is 12.7 Å². The van der Waals surface area contributed by atoms with Crippen molar-refractivity contribution >= 4 is 16.9 Å². The number of ether oxygens (including phenoxy) is 1. The third-order valence-corrected chi connectivity index (χ3v) is 5.36. The molecule has 1 amide bonds. The smallest absolute Gasteiger partial charge is 0.292 e. The Bertz CT molecular complexity index is 768. The van der Waals surface area contributed by atoms with Crippen molar-refractivity contribution in [3.8, 4) is 0 Å². The molecular formula is C19H22FNO3. The Morgan fingerprint density at radius 3 is 2.79 bits per heavy atom. The predicted molar refractivity (Wildman–Crippen MR) is 88.3 cm³/mol. The molecule has 128 valence electrons. The fraction of sp³-hybridized carbons (Fsp3) is 0.526. The molecule has 2 aromatic rings. The number of nitrogens with zero attached hydrogens (tertiary/aromatic N) is 1. The first-order valence-electron chi connectivity index (χ1n) is 8.75. The molecule has 2 fully saturated rings. The van der Waals surface area contributed by atoms with E-state index in [1.807, 2.05) is 11.8 Å². The van der Waals surface area contributed by atoms with Crippen LogP contribution in [0.5, 0.6) is 0 Å². The van der Waals surface area contributed by atoms with Gasteiger partial charge in [-0.2, -0.15) is 0 Å². The highest BCUT2D eigenvalue weighted by Gasteiger charge is 2.44. The molecule has 1 aliphatic heterocycles. The number of halogens is 1. The number of benzene rings is 1. The van der Waals surface area contributed by atoms with Crippen LogP contribution in [0.3, 0.4) is 0 Å². The van der Waals surface area contributed by atoms with Crippen LogP contribution in [0.25, 0.3) is 11.0 Å². The van der Waals surface area contributed by atoms with E-state index in [1.54, 1.807) is 6.07 Å². The van der Waals surface area contributed by atoms with Gasteiger partial charge in [0.15, 0.2) is 5.76 Å². The van der Waals surface area contributed by atoms with Gasteiger partial charge in [0.1, 0.15) is 17.1 Å². The maximum atomic E-state index is 13.5.